The number of nitrogens with zero attached hydrogens (tertiary/aromatic N) is 1. The number of Topliss-reactive ketones (excluding diaryl/α,β-unsaturated/α-hetero) is 1. The molecule has 0 saturated carbocycles. The van der Waals surface area contributed by atoms with E-state index in [0.29, 0.717) is 19.3 Å². The van der Waals surface area contributed by atoms with Crippen LogP contribution >= 0.6 is 0 Å². The zero-order chi connectivity index (χ0) is 38.8. The predicted octanol–water partition coefficient (Wildman–Crippen LogP) is 3.47. The Labute approximate surface area is 305 Å². The third kappa shape index (κ3) is 9.89. The minimum absolute atomic E-state index is 0.146. The number of aliphatic hydroxyl groups is 3. The fraction of sp³-hybridized carbons (Fsp3) is 0.947. The van der Waals surface area contributed by atoms with Crippen LogP contribution in [0.15, 0.2) is 0 Å². The molecule has 3 fully saturated rings. The molecule has 0 aliphatic carbocycles. The van der Waals surface area contributed by atoms with Crippen LogP contribution in [0.2, 0.25) is 0 Å². The van der Waals surface area contributed by atoms with Crippen molar-refractivity contribution in [3.8, 4) is 0 Å². The van der Waals surface area contributed by atoms with Crippen LogP contribution in [0.25, 0.3) is 0 Å². The molecule has 298 valence electrons. The molecule has 3 aliphatic heterocycles. The maximum atomic E-state index is 14.2. The van der Waals surface area contributed by atoms with Crippen LogP contribution in [0.3, 0.4) is 0 Å². The van der Waals surface area contributed by atoms with E-state index >= 15 is 0 Å². The summed E-state index contributed by atoms with van der Waals surface area (Å²) in [6.45, 7) is 17.7. The Kier molecular flexibility index (Phi) is 15.1. The second-order valence-electron chi connectivity index (χ2n) is 16.6. The Balaban J connectivity index is 2.21. The van der Waals surface area contributed by atoms with Crippen molar-refractivity contribution in [2.75, 3.05) is 28.3 Å². The van der Waals surface area contributed by atoms with Crippen LogP contribution < -0.4 is 0 Å². The summed E-state index contributed by atoms with van der Waals surface area (Å²) in [4.78, 5) is 30.1. The van der Waals surface area contributed by atoms with E-state index in [4.69, 9.17) is 33.2 Å². The van der Waals surface area contributed by atoms with E-state index in [-0.39, 0.29) is 36.9 Å². The van der Waals surface area contributed by atoms with Gasteiger partial charge in [-0.25, -0.2) is 0 Å². The number of aliphatic hydroxyl groups excluding tert-OH is 2. The molecular weight excluding hydrogens is 662 g/mol. The molecule has 51 heavy (non-hydrogen) atoms. The fourth-order valence-electron chi connectivity index (χ4n) is 8.64. The summed E-state index contributed by atoms with van der Waals surface area (Å²) in [5.41, 5.74) is -3.68. The number of cyclic esters (lactones) is 1. The monoisotopic (exact) mass is 731 g/mol. The second-order valence-corrected chi connectivity index (χ2v) is 16.6. The van der Waals surface area contributed by atoms with Gasteiger partial charge in [-0.1, -0.05) is 27.7 Å². The first-order valence-electron chi connectivity index (χ1n) is 18.8. The topological polar surface area (TPSA) is 163 Å². The number of methoxy groups -OCH3 is 2. The van der Waals surface area contributed by atoms with Crippen LogP contribution in [-0.4, -0.2) is 138 Å². The molecule has 0 radical (unpaired) electrons. The lowest BCUT2D eigenvalue weighted by Crippen LogP contribution is -2.61. The zero-order valence-electron chi connectivity index (χ0n) is 33.6. The number of hydrogen-bond acceptors (Lipinski definition) is 13. The fourth-order valence-corrected chi connectivity index (χ4v) is 8.64. The lowest BCUT2D eigenvalue weighted by atomic mass is 9.74. The van der Waals surface area contributed by atoms with Gasteiger partial charge in [-0.3, -0.25) is 9.59 Å². The van der Waals surface area contributed by atoms with Crippen LogP contribution in [0.4, 0.5) is 0 Å². The molecule has 1 unspecified atom stereocenters. The van der Waals surface area contributed by atoms with Crippen molar-refractivity contribution >= 4 is 11.8 Å². The molecule has 0 spiro atoms. The van der Waals surface area contributed by atoms with E-state index in [1.54, 1.807) is 34.8 Å². The minimum atomic E-state index is -1.93. The van der Waals surface area contributed by atoms with Crippen LogP contribution in [0.5, 0.6) is 0 Å². The van der Waals surface area contributed by atoms with Gasteiger partial charge in [-0.15, -0.1) is 0 Å². The van der Waals surface area contributed by atoms with Crippen molar-refractivity contribution in [2.45, 2.75) is 179 Å². The first-order chi connectivity index (χ1) is 23.5. The molecule has 3 N–H and O–H groups in total. The number of likely N-dealkylation sites (N-methyl/N-ethyl adjacent to an activating group) is 1. The van der Waals surface area contributed by atoms with Gasteiger partial charge in [0.2, 0.25) is 0 Å². The number of esters is 1. The summed E-state index contributed by atoms with van der Waals surface area (Å²) in [5.74, 6) is -4.20. The highest BCUT2D eigenvalue weighted by Crippen LogP contribution is 2.41. The van der Waals surface area contributed by atoms with Gasteiger partial charge < -0.3 is 53.4 Å². The number of rotatable bonds is 8. The number of hydrogen-bond donors (Lipinski definition) is 3. The molecule has 0 aromatic heterocycles. The van der Waals surface area contributed by atoms with Gasteiger partial charge in [0.05, 0.1) is 47.6 Å². The number of carbonyl (C=O) groups is 2. The number of ether oxygens (including phenoxy) is 7. The molecule has 13 heteroatoms. The largest absolute Gasteiger partial charge is 0.459 e. The number of carbonyl (C=O) groups excluding carboxylic acids is 2. The maximum Gasteiger partial charge on any atom is 0.311 e. The molecule has 3 heterocycles. The van der Waals surface area contributed by atoms with Gasteiger partial charge in [0.1, 0.15) is 23.6 Å². The smallest absolute Gasteiger partial charge is 0.311 e. The standard InChI is InChI=1S/C38H69NO12/c1-15-27-38(10,44)32(42)23(5)29(40)20(2)17-37(9,46-14)33(51-35-30(41)26(39(11)12)16-21(3)48-35)24(6)31(25(7)34(43)49-27)50-28-19-36(8,45-13)18-22(4)47-28/h20-28,30-33,35,41-42,44H,15-19H2,1-14H3/t20-,21-,22+,23+,24+,25-,26+,27-,28?,30-,31+,32-,33-,35+,36+,37-,38-/m1/s1. The van der Waals surface area contributed by atoms with Gasteiger partial charge in [-0.2, -0.15) is 0 Å². The van der Waals surface area contributed by atoms with Crippen molar-refractivity contribution in [1.82, 2.24) is 4.90 Å². The highest BCUT2D eigenvalue weighted by Gasteiger charge is 2.53. The molecular formula is C38H69NO12. The Bertz CT molecular complexity index is 1150. The average molecular weight is 732 g/mol. The van der Waals surface area contributed by atoms with Gasteiger partial charge in [0.15, 0.2) is 12.6 Å². The summed E-state index contributed by atoms with van der Waals surface area (Å²) in [6.07, 6.45) is -5.82. The molecule has 0 amide bonds. The first-order valence-corrected chi connectivity index (χ1v) is 18.8. The van der Waals surface area contributed by atoms with E-state index in [2.05, 4.69) is 0 Å². The molecule has 3 aliphatic rings. The molecule has 0 aromatic carbocycles. The maximum absolute atomic E-state index is 14.2. The lowest BCUT2D eigenvalue weighted by molar-refractivity contribution is -0.312. The lowest BCUT2D eigenvalue weighted by Gasteiger charge is -2.49. The normalized spacial score (nSPS) is 48.3. The molecule has 3 rings (SSSR count). The predicted molar refractivity (Wildman–Crippen MR) is 190 cm³/mol. The third-order valence-corrected chi connectivity index (χ3v) is 12.0. The van der Waals surface area contributed by atoms with Crippen molar-refractivity contribution in [3.05, 3.63) is 0 Å². The van der Waals surface area contributed by atoms with Crippen molar-refractivity contribution in [3.63, 3.8) is 0 Å². The van der Waals surface area contributed by atoms with E-state index in [1.807, 2.05) is 53.6 Å². The second kappa shape index (κ2) is 17.5. The van der Waals surface area contributed by atoms with E-state index in [0.717, 1.165) is 0 Å². The molecule has 0 bridgehead atoms. The first kappa shape index (κ1) is 44.1. The molecule has 17 atom stereocenters. The van der Waals surface area contributed by atoms with Crippen molar-refractivity contribution in [1.29, 1.82) is 0 Å². The van der Waals surface area contributed by atoms with Crippen LogP contribution in [0, 0.1) is 23.7 Å². The minimum Gasteiger partial charge on any atom is -0.459 e. The SMILES string of the molecule is CC[C@H]1OC(=O)[C@H](C)[C@@H](OC2C[C@@](C)(OC)C[C@H](C)O2)[C@H](C)[C@@H](O[C@@H]2O[C@H](C)C[C@H](N(C)C)[C@H]2O)[C@](C)(OC)C[C@@H](C)C(=O)[C@H](C)[C@@H](O)[C@]1(C)O. The average Bonchev–Trinajstić information content (AvgIpc) is 3.06. The molecule has 13 nitrogen and oxygen atoms in total. The highest BCUT2D eigenvalue weighted by molar-refractivity contribution is 5.83. The Hall–Kier alpha value is -1.26. The van der Waals surface area contributed by atoms with E-state index in [9.17, 15) is 24.9 Å². The molecule has 3 saturated heterocycles. The third-order valence-electron chi connectivity index (χ3n) is 12.0. The van der Waals surface area contributed by atoms with Gasteiger partial charge in [0, 0.05) is 50.9 Å². The zero-order valence-corrected chi connectivity index (χ0v) is 33.6. The quantitative estimate of drug-likeness (QED) is 0.312. The molecule has 0 aromatic rings. The Morgan fingerprint density at radius 3 is 2.04 bits per heavy atom. The summed E-state index contributed by atoms with van der Waals surface area (Å²) in [6, 6.07) is -0.257. The van der Waals surface area contributed by atoms with Crippen molar-refractivity contribution in [2.24, 2.45) is 23.7 Å². The Morgan fingerprint density at radius 1 is 0.863 bits per heavy atom. The van der Waals surface area contributed by atoms with Crippen molar-refractivity contribution < 1.29 is 58.1 Å². The number of ketones is 1. The summed E-state index contributed by atoms with van der Waals surface area (Å²) >= 11 is 0. The van der Waals surface area contributed by atoms with E-state index in [1.165, 1.54) is 14.0 Å². The van der Waals surface area contributed by atoms with Gasteiger partial charge in [-0.05, 0) is 74.9 Å². The van der Waals surface area contributed by atoms with Gasteiger partial charge >= 0.3 is 5.97 Å². The van der Waals surface area contributed by atoms with Crippen LogP contribution in [0.1, 0.15) is 101 Å². The Morgan fingerprint density at radius 2 is 1.49 bits per heavy atom. The van der Waals surface area contributed by atoms with Gasteiger partial charge in [0.25, 0.3) is 0 Å². The summed E-state index contributed by atoms with van der Waals surface area (Å²) < 4.78 is 44.3. The van der Waals surface area contributed by atoms with E-state index < -0.39 is 89.5 Å². The summed E-state index contributed by atoms with van der Waals surface area (Å²) in [7, 11) is 6.98. The highest BCUT2D eigenvalue weighted by atomic mass is 16.7. The summed E-state index contributed by atoms with van der Waals surface area (Å²) in [5, 5.41) is 34.6. The van der Waals surface area contributed by atoms with Crippen LogP contribution in [-0.2, 0) is 42.7 Å².